The summed E-state index contributed by atoms with van der Waals surface area (Å²) in [6, 6.07) is 8.58. The third-order valence-corrected chi connectivity index (χ3v) is 4.68. The SMILES string of the molecule is O=C(O)c1ccc(C(=O)NC2CCN(C(=O)c3ccccc3F)CC2)c(F)c1. The molecule has 146 valence electrons. The Morgan fingerprint density at radius 2 is 1.64 bits per heavy atom. The average molecular weight is 388 g/mol. The molecule has 0 bridgehead atoms. The molecule has 0 aromatic heterocycles. The molecule has 1 aliphatic heterocycles. The number of nitrogens with one attached hydrogen (secondary N) is 1. The third kappa shape index (κ3) is 4.16. The molecule has 2 N–H and O–H groups in total. The summed E-state index contributed by atoms with van der Waals surface area (Å²) in [4.78, 5) is 37.0. The molecular formula is C20H18F2N2O4. The Hall–Kier alpha value is -3.29. The van der Waals surface area contributed by atoms with Crippen molar-refractivity contribution in [2.45, 2.75) is 18.9 Å². The number of hydrogen-bond donors (Lipinski definition) is 2. The number of carbonyl (C=O) groups is 3. The van der Waals surface area contributed by atoms with Crippen LogP contribution in [-0.4, -0.2) is 46.9 Å². The molecule has 0 spiro atoms. The smallest absolute Gasteiger partial charge is 0.335 e. The highest BCUT2D eigenvalue weighted by Gasteiger charge is 2.26. The van der Waals surface area contributed by atoms with Crippen LogP contribution in [0.1, 0.15) is 43.9 Å². The van der Waals surface area contributed by atoms with Crippen molar-refractivity contribution in [2.24, 2.45) is 0 Å². The van der Waals surface area contributed by atoms with Crippen LogP contribution in [0.15, 0.2) is 42.5 Å². The maximum Gasteiger partial charge on any atom is 0.335 e. The van der Waals surface area contributed by atoms with Gasteiger partial charge in [-0.3, -0.25) is 9.59 Å². The molecule has 8 heteroatoms. The van der Waals surface area contributed by atoms with Gasteiger partial charge in [0.15, 0.2) is 0 Å². The lowest BCUT2D eigenvalue weighted by atomic mass is 10.0. The van der Waals surface area contributed by atoms with E-state index in [0.717, 1.165) is 18.2 Å². The lowest BCUT2D eigenvalue weighted by Gasteiger charge is -2.32. The molecule has 28 heavy (non-hydrogen) atoms. The number of carboxylic acid groups (broad SMARTS) is 1. The van der Waals surface area contributed by atoms with Gasteiger partial charge in [-0.1, -0.05) is 12.1 Å². The van der Waals surface area contributed by atoms with Crippen molar-refractivity contribution >= 4 is 17.8 Å². The van der Waals surface area contributed by atoms with Gasteiger partial charge in [-0.2, -0.15) is 0 Å². The Bertz CT molecular complexity index is 924. The number of rotatable bonds is 4. The van der Waals surface area contributed by atoms with Gasteiger partial charge in [-0.15, -0.1) is 0 Å². The summed E-state index contributed by atoms with van der Waals surface area (Å²) in [5.41, 5.74) is -0.477. The summed E-state index contributed by atoms with van der Waals surface area (Å²) in [5.74, 6) is -3.82. The fourth-order valence-corrected chi connectivity index (χ4v) is 3.13. The first-order valence-corrected chi connectivity index (χ1v) is 8.74. The van der Waals surface area contributed by atoms with Gasteiger partial charge in [0.05, 0.1) is 16.7 Å². The van der Waals surface area contributed by atoms with Crippen LogP contribution in [-0.2, 0) is 0 Å². The summed E-state index contributed by atoms with van der Waals surface area (Å²) in [5, 5.41) is 11.5. The van der Waals surface area contributed by atoms with Gasteiger partial charge in [0.2, 0.25) is 0 Å². The normalized spacial score (nSPS) is 14.6. The average Bonchev–Trinajstić information content (AvgIpc) is 2.68. The molecule has 0 saturated carbocycles. The first-order valence-electron chi connectivity index (χ1n) is 8.74. The molecule has 1 fully saturated rings. The summed E-state index contributed by atoms with van der Waals surface area (Å²) in [6.07, 6.45) is 0.890. The van der Waals surface area contributed by atoms with E-state index in [0.29, 0.717) is 25.9 Å². The van der Waals surface area contributed by atoms with Crippen molar-refractivity contribution in [2.75, 3.05) is 13.1 Å². The van der Waals surface area contributed by atoms with Crippen molar-refractivity contribution in [3.05, 3.63) is 70.8 Å². The van der Waals surface area contributed by atoms with E-state index in [-0.39, 0.29) is 22.7 Å². The van der Waals surface area contributed by atoms with Crippen LogP contribution >= 0.6 is 0 Å². The molecule has 2 amide bonds. The number of likely N-dealkylation sites (tertiary alicyclic amines) is 1. The third-order valence-electron chi connectivity index (χ3n) is 4.68. The van der Waals surface area contributed by atoms with E-state index in [1.54, 1.807) is 6.07 Å². The van der Waals surface area contributed by atoms with E-state index in [1.807, 2.05) is 0 Å². The topological polar surface area (TPSA) is 86.7 Å². The summed E-state index contributed by atoms with van der Waals surface area (Å²) in [7, 11) is 0. The zero-order chi connectivity index (χ0) is 20.3. The molecule has 2 aromatic carbocycles. The maximum absolute atomic E-state index is 14.0. The molecule has 1 saturated heterocycles. The van der Waals surface area contributed by atoms with E-state index >= 15 is 0 Å². The number of carboxylic acids is 1. The quantitative estimate of drug-likeness (QED) is 0.843. The highest BCUT2D eigenvalue weighted by Crippen LogP contribution is 2.17. The number of carbonyl (C=O) groups excluding carboxylic acids is 2. The van der Waals surface area contributed by atoms with Crippen LogP contribution in [0.5, 0.6) is 0 Å². The molecule has 0 atom stereocenters. The van der Waals surface area contributed by atoms with Crippen molar-refractivity contribution in [1.82, 2.24) is 10.2 Å². The van der Waals surface area contributed by atoms with E-state index < -0.39 is 29.4 Å². The van der Waals surface area contributed by atoms with Crippen LogP contribution in [0.25, 0.3) is 0 Å². The summed E-state index contributed by atoms with van der Waals surface area (Å²) < 4.78 is 27.8. The number of benzene rings is 2. The van der Waals surface area contributed by atoms with Crippen molar-refractivity contribution in [3.8, 4) is 0 Å². The zero-order valence-electron chi connectivity index (χ0n) is 14.8. The predicted octanol–water partition coefficient (Wildman–Crippen LogP) is 2.70. The van der Waals surface area contributed by atoms with Gasteiger partial charge in [-0.25, -0.2) is 13.6 Å². The molecule has 0 unspecified atom stereocenters. The van der Waals surface area contributed by atoms with Gasteiger partial charge in [-0.05, 0) is 43.2 Å². The van der Waals surface area contributed by atoms with Crippen molar-refractivity contribution in [1.29, 1.82) is 0 Å². The first-order chi connectivity index (χ1) is 13.4. The fourth-order valence-electron chi connectivity index (χ4n) is 3.13. The van der Waals surface area contributed by atoms with Gasteiger partial charge >= 0.3 is 5.97 Å². The van der Waals surface area contributed by atoms with Gasteiger partial charge in [0, 0.05) is 19.1 Å². The number of halogens is 2. The number of nitrogens with zero attached hydrogens (tertiary/aromatic N) is 1. The van der Waals surface area contributed by atoms with E-state index in [2.05, 4.69) is 5.32 Å². The van der Waals surface area contributed by atoms with Crippen LogP contribution in [0.2, 0.25) is 0 Å². The lowest BCUT2D eigenvalue weighted by Crippen LogP contribution is -2.46. The second kappa shape index (κ2) is 8.16. The fraction of sp³-hybridized carbons (Fsp3) is 0.250. The number of aromatic carboxylic acids is 1. The Kier molecular flexibility index (Phi) is 5.67. The molecule has 0 aliphatic carbocycles. The first kappa shape index (κ1) is 19.5. The monoisotopic (exact) mass is 388 g/mol. The zero-order valence-corrected chi connectivity index (χ0v) is 14.8. The van der Waals surface area contributed by atoms with E-state index in [4.69, 9.17) is 5.11 Å². The van der Waals surface area contributed by atoms with E-state index in [9.17, 15) is 23.2 Å². The Balaban J connectivity index is 1.58. The highest BCUT2D eigenvalue weighted by molar-refractivity contribution is 5.96. The minimum Gasteiger partial charge on any atom is -0.478 e. The van der Waals surface area contributed by atoms with Gasteiger partial charge in [0.1, 0.15) is 11.6 Å². The summed E-state index contributed by atoms with van der Waals surface area (Å²) >= 11 is 0. The Morgan fingerprint density at radius 3 is 2.25 bits per heavy atom. The van der Waals surface area contributed by atoms with Gasteiger partial charge in [0.25, 0.3) is 11.8 Å². The van der Waals surface area contributed by atoms with Crippen molar-refractivity contribution < 1.29 is 28.3 Å². The van der Waals surface area contributed by atoms with Gasteiger partial charge < -0.3 is 15.3 Å². The Labute approximate surface area is 159 Å². The molecule has 1 aliphatic rings. The second-order valence-electron chi connectivity index (χ2n) is 6.52. The number of amides is 2. The lowest BCUT2D eigenvalue weighted by molar-refractivity contribution is 0.0682. The number of hydrogen-bond acceptors (Lipinski definition) is 3. The minimum absolute atomic E-state index is 0.00516. The predicted molar refractivity (Wildman–Crippen MR) is 96.2 cm³/mol. The van der Waals surface area contributed by atoms with Crippen molar-refractivity contribution in [3.63, 3.8) is 0 Å². The molecule has 6 nitrogen and oxygen atoms in total. The molecule has 0 radical (unpaired) electrons. The molecule has 3 rings (SSSR count). The number of piperidine rings is 1. The molecule has 1 heterocycles. The largest absolute Gasteiger partial charge is 0.478 e. The van der Waals surface area contributed by atoms with Crippen LogP contribution in [0, 0.1) is 11.6 Å². The van der Waals surface area contributed by atoms with Crippen LogP contribution in [0.4, 0.5) is 8.78 Å². The van der Waals surface area contributed by atoms with E-state index in [1.165, 1.54) is 23.1 Å². The Morgan fingerprint density at radius 1 is 0.964 bits per heavy atom. The molecular weight excluding hydrogens is 370 g/mol. The maximum atomic E-state index is 14.0. The van der Waals surface area contributed by atoms with Crippen LogP contribution in [0.3, 0.4) is 0 Å². The standard InChI is InChI=1S/C20H18F2N2O4/c21-16-4-2-1-3-15(16)19(26)24-9-7-13(8-10-24)23-18(25)14-6-5-12(20(27)28)11-17(14)22/h1-6,11,13H,7-10H2,(H,23,25)(H,27,28). The molecule has 2 aromatic rings. The second-order valence-corrected chi connectivity index (χ2v) is 6.52. The highest BCUT2D eigenvalue weighted by atomic mass is 19.1. The van der Waals surface area contributed by atoms with Crippen LogP contribution < -0.4 is 5.32 Å². The summed E-state index contributed by atoms with van der Waals surface area (Å²) in [6.45, 7) is 0.664. The minimum atomic E-state index is -1.28.